The van der Waals surface area contributed by atoms with Gasteiger partial charge in [-0.25, -0.2) is 26.6 Å². The van der Waals surface area contributed by atoms with Crippen LogP contribution >= 0.6 is 11.6 Å². The van der Waals surface area contributed by atoms with E-state index in [9.17, 15) is 31.5 Å². The van der Waals surface area contributed by atoms with Gasteiger partial charge in [0.25, 0.3) is 5.91 Å². The van der Waals surface area contributed by atoms with Crippen LogP contribution in [0.2, 0.25) is 5.02 Å². The van der Waals surface area contributed by atoms with Gasteiger partial charge in [0.15, 0.2) is 27.3 Å². The number of aromatic amines is 1. The number of imidazole rings is 1. The van der Waals surface area contributed by atoms with Gasteiger partial charge in [0, 0.05) is 23.4 Å². The van der Waals surface area contributed by atoms with Gasteiger partial charge in [0.1, 0.15) is 11.4 Å². The van der Waals surface area contributed by atoms with Crippen molar-refractivity contribution in [2.24, 2.45) is 11.8 Å². The summed E-state index contributed by atoms with van der Waals surface area (Å²) in [6.07, 6.45) is 3.19. The van der Waals surface area contributed by atoms with Crippen LogP contribution in [0.25, 0.3) is 11.3 Å². The monoisotopic (exact) mass is 645 g/mol. The maximum absolute atomic E-state index is 14.2. The van der Waals surface area contributed by atoms with Crippen molar-refractivity contribution < 1.29 is 31.5 Å². The predicted octanol–water partition coefficient (Wildman–Crippen LogP) is 7.28. The minimum absolute atomic E-state index is 0.0949. The lowest BCUT2D eigenvalue weighted by molar-refractivity contribution is 0.0000449. The van der Waals surface area contributed by atoms with Gasteiger partial charge in [-0.2, -0.15) is 0 Å². The molecular weight excluding hydrogens is 615 g/mol. The average molecular weight is 646 g/mol. The molecule has 1 aliphatic rings. The lowest BCUT2D eigenvalue weighted by Crippen LogP contribution is -2.37. The Kier molecular flexibility index (Phi) is 8.93. The van der Waals surface area contributed by atoms with Crippen molar-refractivity contribution in [1.29, 1.82) is 0 Å². The van der Waals surface area contributed by atoms with E-state index >= 15 is 0 Å². The number of benzene rings is 3. The van der Waals surface area contributed by atoms with Gasteiger partial charge < -0.3 is 15.4 Å². The number of nitrogens with one attached hydrogen (secondary N) is 2. The fourth-order valence-corrected chi connectivity index (χ4v) is 8.90. The molecule has 0 saturated heterocycles. The quantitative estimate of drug-likeness (QED) is 0.166. The van der Waals surface area contributed by atoms with Crippen LogP contribution in [0.1, 0.15) is 55.7 Å². The molecule has 1 fully saturated rings. The molecule has 4 aromatic rings. The van der Waals surface area contributed by atoms with E-state index in [2.05, 4.69) is 15.3 Å². The molecule has 5 rings (SSSR count). The second-order valence-electron chi connectivity index (χ2n) is 11.3. The smallest absolute Gasteiger partial charge is 0.255 e. The first-order valence-corrected chi connectivity index (χ1v) is 16.1. The van der Waals surface area contributed by atoms with E-state index in [1.165, 1.54) is 12.1 Å². The maximum Gasteiger partial charge on any atom is 0.255 e. The molecule has 7 nitrogen and oxygen atoms in total. The number of carbonyl (C=O) groups excluding carboxylic acids is 1. The number of hydrogen-bond acceptors (Lipinski definition) is 5. The van der Waals surface area contributed by atoms with E-state index in [1.807, 2.05) is 44.2 Å². The molecule has 44 heavy (non-hydrogen) atoms. The van der Waals surface area contributed by atoms with Gasteiger partial charge in [-0.05, 0) is 61.3 Å². The number of anilines is 1. The van der Waals surface area contributed by atoms with E-state index in [4.69, 9.17) is 11.6 Å². The van der Waals surface area contributed by atoms with Crippen molar-refractivity contribution in [3.63, 3.8) is 0 Å². The molecular formula is C32H31ClF3N3O4S. The van der Waals surface area contributed by atoms with Gasteiger partial charge in [0.2, 0.25) is 0 Å². The molecule has 1 heterocycles. The molecule has 3 N–H and O–H groups in total. The van der Waals surface area contributed by atoms with Crippen molar-refractivity contribution in [3.8, 4) is 11.3 Å². The van der Waals surface area contributed by atoms with Crippen LogP contribution in [0.4, 0.5) is 18.9 Å². The maximum atomic E-state index is 14.2. The van der Waals surface area contributed by atoms with Gasteiger partial charge in [-0.3, -0.25) is 4.79 Å². The van der Waals surface area contributed by atoms with Crippen LogP contribution in [-0.4, -0.2) is 34.6 Å². The molecule has 2 unspecified atom stereocenters. The molecule has 0 aliphatic heterocycles. The van der Waals surface area contributed by atoms with Gasteiger partial charge in [-0.15, -0.1) is 0 Å². The highest BCUT2D eigenvalue weighted by molar-refractivity contribution is 7.92. The molecule has 0 spiro atoms. The predicted molar refractivity (Wildman–Crippen MR) is 161 cm³/mol. The van der Waals surface area contributed by atoms with Gasteiger partial charge in [-0.1, -0.05) is 55.8 Å². The Hall–Kier alpha value is -3.67. The molecule has 1 saturated carbocycles. The zero-order chi connectivity index (χ0) is 31.8. The summed E-state index contributed by atoms with van der Waals surface area (Å²) in [5.41, 5.74) is -0.282. The standard InChI is InChI=1S/C32H31ClF3N3O4S/c1-3-32(41,31-37-17-26(39-31)19-7-5-4-6-8-19)16-21-10-9-18(2)29(21)44(42,43)27-13-20(11-12-23(27)33)30(40)38-22-14-24(34)28(36)25(35)15-22/h4-8,11-15,17-18,21,29,41H,3,9-10,16H2,1-2H3,(H,37,39)(H,38,40)/t18?,21-,29?,32-/m0/s1. The Morgan fingerprint density at radius 2 is 1.77 bits per heavy atom. The summed E-state index contributed by atoms with van der Waals surface area (Å²) >= 11 is 6.38. The van der Waals surface area contributed by atoms with Crippen LogP contribution in [0.15, 0.2) is 71.8 Å². The number of H-pyrrole nitrogens is 1. The van der Waals surface area contributed by atoms with Crippen molar-refractivity contribution in [1.82, 2.24) is 9.97 Å². The molecule has 1 amide bonds. The minimum Gasteiger partial charge on any atom is -0.382 e. The van der Waals surface area contributed by atoms with Crippen molar-refractivity contribution in [2.75, 3.05) is 5.32 Å². The minimum atomic E-state index is -4.14. The Balaban J connectivity index is 1.42. The third-order valence-corrected chi connectivity index (χ3v) is 11.4. The molecule has 3 aromatic carbocycles. The first kappa shape index (κ1) is 31.7. The summed E-state index contributed by atoms with van der Waals surface area (Å²) in [5.74, 6) is -5.91. The largest absolute Gasteiger partial charge is 0.382 e. The van der Waals surface area contributed by atoms with Crippen molar-refractivity contribution in [2.45, 2.75) is 55.3 Å². The number of aliphatic hydroxyl groups is 1. The van der Waals surface area contributed by atoms with Gasteiger partial charge >= 0.3 is 0 Å². The summed E-state index contributed by atoms with van der Waals surface area (Å²) in [5, 5.41) is 13.0. The van der Waals surface area contributed by atoms with Crippen LogP contribution in [0.3, 0.4) is 0 Å². The van der Waals surface area contributed by atoms with Crippen LogP contribution in [-0.2, 0) is 15.4 Å². The summed E-state index contributed by atoms with van der Waals surface area (Å²) in [7, 11) is -4.14. The third-order valence-electron chi connectivity index (χ3n) is 8.40. The van der Waals surface area contributed by atoms with Crippen molar-refractivity contribution in [3.05, 3.63) is 101 Å². The number of nitrogens with zero attached hydrogens (tertiary/aromatic N) is 1. The second kappa shape index (κ2) is 12.4. The third kappa shape index (κ3) is 6.13. The Morgan fingerprint density at radius 1 is 1.09 bits per heavy atom. The molecule has 12 heteroatoms. The van der Waals surface area contributed by atoms with Crippen LogP contribution in [0.5, 0.6) is 0 Å². The lowest BCUT2D eigenvalue weighted by Gasteiger charge is -2.31. The Labute approximate surface area is 258 Å². The summed E-state index contributed by atoms with van der Waals surface area (Å²) < 4.78 is 69.0. The first-order valence-electron chi connectivity index (χ1n) is 14.2. The molecule has 0 bridgehead atoms. The number of hydrogen-bond donors (Lipinski definition) is 3. The van der Waals surface area contributed by atoms with E-state index < -0.39 is 50.0 Å². The van der Waals surface area contributed by atoms with E-state index in [1.54, 1.807) is 6.20 Å². The molecule has 0 radical (unpaired) electrons. The zero-order valence-electron chi connectivity index (χ0n) is 24.0. The number of aromatic nitrogens is 2. The molecule has 1 aromatic heterocycles. The fourth-order valence-electron chi connectivity index (χ4n) is 6.05. The van der Waals surface area contributed by atoms with E-state index in [0.717, 1.165) is 17.3 Å². The first-order chi connectivity index (χ1) is 20.8. The second-order valence-corrected chi connectivity index (χ2v) is 13.8. The number of carbonyl (C=O) groups is 1. The van der Waals surface area contributed by atoms with E-state index in [-0.39, 0.29) is 39.9 Å². The van der Waals surface area contributed by atoms with Gasteiger partial charge in [0.05, 0.1) is 27.1 Å². The normalized spacial score (nSPS) is 19.9. The number of rotatable bonds is 9. The average Bonchev–Trinajstić information content (AvgIpc) is 3.64. The molecule has 4 atom stereocenters. The van der Waals surface area contributed by atoms with Crippen molar-refractivity contribution >= 4 is 33.0 Å². The summed E-state index contributed by atoms with van der Waals surface area (Å²) in [6.45, 7) is 3.64. The lowest BCUT2D eigenvalue weighted by atomic mass is 9.86. The topological polar surface area (TPSA) is 112 Å². The number of halogens is 4. The highest BCUT2D eigenvalue weighted by atomic mass is 35.5. The van der Waals surface area contributed by atoms with Crippen LogP contribution < -0.4 is 5.32 Å². The fraction of sp³-hybridized carbons (Fsp3) is 0.312. The highest BCUT2D eigenvalue weighted by Crippen LogP contribution is 2.46. The summed E-state index contributed by atoms with van der Waals surface area (Å²) in [6, 6.07) is 14.4. The summed E-state index contributed by atoms with van der Waals surface area (Å²) in [4.78, 5) is 20.3. The Morgan fingerprint density at radius 3 is 2.43 bits per heavy atom. The number of sulfone groups is 1. The molecule has 1 aliphatic carbocycles. The van der Waals surface area contributed by atoms with Crippen LogP contribution in [0, 0.1) is 29.3 Å². The molecule has 232 valence electrons. The Bertz CT molecular complexity index is 1780. The zero-order valence-corrected chi connectivity index (χ0v) is 25.5. The highest BCUT2D eigenvalue weighted by Gasteiger charge is 2.47. The van der Waals surface area contributed by atoms with E-state index in [0.29, 0.717) is 30.8 Å². The number of amides is 1. The SMILES string of the molecule is CC[C@](O)(C[C@@H]1CCC(C)C1S(=O)(=O)c1cc(C(=O)Nc2cc(F)c(F)c(F)c2)ccc1Cl)c1ncc(-c2ccccc2)[nH]1.